The fourth-order valence-electron chi connectivity index (χ4n) is 3.21. The second kappa shape index (κ2) is 13.8. The number of nitrogens with zero attached hydrogens (tertiary/aromatic N) is 2. The van der Waals surface area contributed by atoms with Crippen LogP contribution in [-0.4, -0.2) is 71.5 Å². The monoisotopic (exact) mass is 506 g/mol. The maximum Gasteiger partial charge on any atom is 0.195 e. The van der Waals surface area contributed by atoms with Gasteiger partial charge in [-0.3, -0.25) is 4.99 Å². The van der Waals surface area contributed by atoms with E-state index in [0.29, 0.717) is 12.5 Å². The number of methoxy groups -OCH3 is 2. The highest BCUT2D eigenvalue weighted by Crippen LogP contribution is 2.30. The minimum Gasteiger partial charge on any atom is -0.493 e. The summed E-state index contributed by atoms with van der Waals surface area (Å²) in [6.45, 7) is 7.59. The largest absolute Gasteiger partial charge is 0.493 e. The number of hydrogen-bond acceptors (Lipinski definition) is 5. The van der Waals surface area contributed by atoms with Gasteiger partial charge in [-0.15, -0.1) is 24.0 Å². The average Bonchev–Trinajstić information content (AvgIpc) is 2.70. The lowest BCUT2D eigenvalue weighted by Gasteiger charge is -2.32. The minimum atomic E-state index is 0. The molecule has 0 radical (unpaired) electrons. The maximum atomic E-state index is 5.64. The summed E-state index contributed by atoms with van der Waals surface area (Å²) in [6.07, 6.45) is 2.40. The Morgan fingerprint density at radius 1 is 1.21 bits per heavy atom. The number of benzene rings is 1. The van der Waals surface area contributed by atoms with Crippen molar-refractivity contribution in [1.82, 2.24) is 10.2 Å². The first-order valence-corrected chi connectivity index (χ1v) is 9.70. The van der Waals surface area contributed by atoms with Crippen molar-refractivity contribution in [2.75, 3.05) is 66.0 Å². The molecule has 0 unspecified atom stereocenters. The molecule has 0 aromatic heterocycles. The average molecular weight is 506 g/mol. The van der Waals surface area contributed by atoms with Crippen molar-refractivity contribution in [3.63, 3.8) is 0 Å². The van der Waals surface area contributed by atoms with E-state index >= 15 is 0 Å². The minimum absolute atomic E-state index is 0. The highest BCUT2D eigenvalue weighted by molar-refractivity contribution is 14.0. The summed E-state index contributed by atoms with van der Waals surface area (Å²) in [5.74, 6) is 2.89. The predicted octanol–water partition coefficient (Wildman–Crippen LogP) is 3.06. The Kier molecular flexibility index (Phi) is 12.2. The molecule has 0 amide bonds. The second-order valence-corrected chi connectivity index (χ2v) is 6.65. The third-order valence-electron chi connectivity index (χ3n) is 4.83. The molecule has 8 heteroatoms. The predicted molar refractivity (Wildman–Crippen MR) is 126 cm³/mol. The Morgan fingerprint density at radius 2 is 1.96 bits per heavy atom. The molecule has 0 atom stereocenters. The van der Waals surface area contributed by atoms with E-state index in [2.05, 4.69) is 20.5 Å². The molecular weight excluding hydrogens is 471 g/mol. The molecular formula is C20H35IN4O3. The van der Waals surface area contributed by atoms with Gasteiger partial charge in [-0.1, -0.05) is 0 Å². The van der Waals surface area contributed by atoms with Crippen molar-refractivity contribution in [2.45, 2.75) is 19.8 Å². The van der Waals surface area contributed by atoms with Crippen LogP contribution in [0.4, 0.5) is 5.69 Å². The van der Waals surface area contributed by atoms with Gasteiger partial charge in [0.25, 0.3) is 0 Å². The molecule has 1 aliphatic rings. The summed E-state index contributed by atoms with van der Waals surface area (Å²) in [7, 11) is 5.19. The fraction of sp³-hybridized carbons (Fsp3) is 0.650. The van der Waals surface area contributed by atoms with E-state index in [9.17, 15) is 0 Å². The molecule has 0 saturated carbocycles. The Balaban J connectivity index is 0.00000392. The van der Waals surface area contributed by atoms with Gasteiger partial charge >= 0.3 is 0 Å². The van der Waals surface area contributed by atoms with E-state index in [-0.39, 0.29) is 24.0 Å². The fourth-order valence-corrected chi connectivity index (χ4v) is 3.21. The Morgan fingerprint density at radius 3 is 2.57 bits per heavy atom. The number of hydrogen-bond donors (Lipinski definition) is 2. The van der Waals surface area contributed by atoms with E-state index < -0.39 is 0 Å². The van der Waals surface area contributed by atoms with Crippen LogP contribution in [0.25, 0.3) is 0 Å². The zero-order chi connectivity index (χ0) is 19.5. The van der Waals surface area contributed by atoms with Gasteiger partial charge in [0.15, 0.2) is 17.5 Å². The van der Waals surface area contributed by atoms with Gasteiger partial charge in [-0.25, -0.2) is 0 Å². The number of rotatable bonds is 9. The van der Waals surface area contributed by atoms with Crippen molar-refractivity contribution >= 4 is 35.6 Å². The van der Waals surface area contributed by atoms with Crippen LogP contribution in [0, 0.1) is 5.92 Å². The summed E-state index contributed by atoms with van der Waals surface area (Å²) < 4.78 is 16.1. The number of ether oxygens (including phenoxy) is 3. The maximum absolute atomic E-state index is 5.64. The summed E-state index contributed by atoms with van der Waals surface area (Å²) in [4.78, 5) is 6.81. The van der Waals surface area contributed by atoms with Crippen LogP contribution in [0.15, 0.2) is 23.2 Å². The molecule has 7 nitrogen and oxygen atoms in total. The smallest absolute Gasteiger partial charge is 0.195 e. The van der Waals surface area contributed by atoms with E-state index in [4.69, 9.17) is 14.2 Å². The van der Waals surface area contributed by atoms with E-state index in [1.54, 1.807) is 21.3 Å². The van der Waals surface area contributed by atoms with Gasteiger partial charge in [0.2, 0.25) is 0 Å². The quantitative estimate of drug-likeness (QED) is 0.305. The molecule has 1 aromatic rings. The standard InChI is InChI=1S/C20H34N4O3.HI/c1-5-27-19-14-17(6-7-18(19)26-4)23-20(21-2)22-15-16-8-10-24(11-9-16)12-13-25-3;/h6-7,14,16H,5,8-13,15H2,1-4H3,(H2,21,22,23);1H. The first-order chi connectivity index (χ1) is 13.2. The molecule has 1 aliphatic heterocycles. The van der Waals surface area contributed by atoms with Gasteiger partial charge < -0.3 is 29.7 Å². The summed E-state index contributed by atoms with van der Waals surface area (Å²) in [6, 6.07) is 5.79. The van der Waals surface area contributed by atoms with Gasteiger partial charge in [-0.05, 0) is 50.9 Å². The lowest BCUT2D eigenvalue weighted by molar-refractivity contribution is 0.121. The van der Waals surface area contributed by atoms with E-state index in [0.717, 1.165) is 55.9 Å². The van der Waals surface area contributed by atoms with Crippen molar-refractivity contribution < 1.29 is 14.2 Å². The Hall–Kier alpha value is -1.26. The molecule has 2 N–H and O–H groups in total. The lowest BCUT2D eigenvalue weighted by atomic mass is 9.97. The van der Waals surface area contributed by atoms with Crippen molar-refractivity contribution in [1.29, 1.82) is 0 Å². The number of likely N-dealkylation sites (tertiary alicyclic amines) is 1. The molecule has 0 bridgehead atoms. The topological polar surface area (TPSA) is 67.4 Å². The summed E-state index contributed by atoms with van der Waals surface area (Å²) in [5.41, 5.74) is 0.918. The number of halogens is 1. The summed E-state index contributed by atoms with van der Waals surface area (Å²) >= 11 is 0. The summed E-state index contributed by atoms with van der Waals surface area (Å²) in [5, 5.41) is 6.78. The highest BCUT2D eigenvalue weighted by Gasteiger charge is 2.19. The molecule has 28 heavy (non-hydrogen) atoms. The van der Waals surface area contributed by atoms with Gasteiger partial charge in [0.05, 0.1) is 20.3 Å². The lowest BCUT2D eigenvalue weighted by Crippen LogP contribution is -2.41. The van der Waals surface area contributed by atoms with Gasteiger partial charge in [0.1, 0.15) is 0 Å². The number of piperidine rings is 1. The van der Waals surface area contributed by atoms with Crippen molar-refractivity contribution in [2.24, 2.45) is 10.9 Å². The molecule has 1 fully saturated rings. The molecule has 1 saturated heterocycles. The molecule has 0 spiro atoms. The Bertz CT molecular complexity index is 593. The molecule has 1 heterocycles. The molecule has 1 aromatic carbocycles. The second-order valence-electron chi connectivity index (χ2n) is 6.65. The first-order valence-electron chi connectivity index (χ1n) is 9.70. The number of aliphatic imine (C=N–C) groups is 1. The van der Waals surface area contributed by atoms with Crippen LogP contribution in [0.1, 0.15) is 19.8 Å². The first kappa shape index (κ1) is 24.8. The number of nitrogens with one attached hydrogen (secondary N) is 2. The van der Waals surface area contributed by atoms with Crippen molar-refractivity contribution in [3.05, 3.63) is 18.2 Å². The van der Waals surface area contributed by atoms with E-state index in [1.807, 2.05) is 25.1 Å². The Labute approximate surface area is 186 Å². The molecule has 2 rings (SSSR count). The third kappa shape index (κ3) is 8.00. The third-order valence-corrected chi connectivity index (χ3v) is 4.83. The molecule has 160 valence electrons. The van der Waals surface area contributed by atoms with Crippen LogP contribution in [0.2, 0.25) is 0 Å². The zero-order valence-corrected chi connectivity index (χ0v) is 19.8. The zero-order valence-electron chi connectivity index (χ0n) is 17.5. The molecule has 0 aliphatic carbocycles. The number of anilines is 1. The highest BCUT2D eigenvalue weighted by atomic mass is 127. The SMILES string of the molecule is CCOc1cc(NC(=NC)NCC2CCN(CCOC)CC2)ccc1OC.I. The van der Waals surface area contributed by atoms with Gasteiger partial charge in [0, 0.05) is 39.0 Å². The van der Waals surface area contributed by atoms with Crippen LogP contribution in [0.3, 0.4) is 0 Å². The van der Waals surface area contributed by atoms with Crippen molar-refractivity contribution in [3.8, 4) is 11.5 Å². The van der Waals surface area contributed by atoms with Crippen LogP contribution in [0.5, 0.6) is 11.5 Å². The van der Waals surface area contributed by atoms with Crippen LogP contribution >= 0.6 is 24.0 Å². The van der Waals surface area contributed by atoms with E-state index in [1.165, 1.54) is 12.8 Å². The van der Waals surface area contributed by atoms with Crippen LogP contribution in [-0.2, 0) is 4.74 Å². The van der Waals surface area contributed by atoms with Crippen LogP contribution < -0.4 is 20.1 Å². The number of guanidine groups is 1. The van der Waals surface area contributed by atoms with Gasteiger partial charge in [-0.2, -0.15) is 0 Å². The normalized spacial score (nSPS) is 15.6.